The lowest BCUT2D eigenvalue weighted by atomic mass is 10.2. The molecule has 0 amide bonds. The van der Waals surface area contributed by atoms with E-state index >= 15 is 0 Å². The molecule has 0 N–H and O–H groups in total. The van der Waals surface area contributed by atoms with Crippen molar-refractivity contribution in [3.63, 3.8) is 0 Å². The van der Waals surface area contributed by atoms with Crippen LogP contribution < -0.4 is 4.74 Å². The summed E-state index contributed by atoms with van der Waals surface area (Å²) in [5.74, 6) is -1.29. The molecular formula is C13H10BrF3N2O2. The zero-order chi connectivity index (χ0) is 15.6. The fraction of sp³-hybridized carbons (Fsp3) is 0.231. The minimum Gasteiger partial charge on any atom is -0.497 e. The molecule has 0 spiro atoms. The van der Waals surface area contributed by atoms with Crippen LogP contribution in [0.3, 0.4) is 0 Å². The van der Waals surface area contributed by atoms with Gasteiger partial charge in [0.05, 0.1) is 25.4 Å². The van der Waals surface area contributed by atoms with E-state index in [4.69, 9.17) is 4.74 Å². The molecule has 1 heterocycles. The van der Waals surface area contributed by atoms with Gasteiger partial charge in [0.2, 0.25) is 0 Å². The second-order valence-electron chi connectivity index (χ2n) is 4.21. The number of carbonyl (C=O) groups is 1. The van der Waals surface area contributed by atoms with E-state index in [0.29, 0.717) is 5.75 Å². The number of nitrogens with zero attached hydrogens (tertiary/aromatic N) is 2. The molecule has 0 aliphatic carbocycles. The van der Waals surface area contributed by atoms with Crippen molar-refractivity contribution in [3.8, 4) is 5.75 Å². The summed E-state index contributed by atoms with van der Waals surface area (Å²) in [4.78, 5) is 11.1. The summed E-state index contributed by atoms with van der Waals surface area (Å²) in [5, 5.41) is 3.78. The fourth-order valence-electron chi connectivity index (χ4n) is 1.70. The predicted molar refractivity (Wildman–Crippen MR) is 72.4 cm³/mol. The zero-order valence-electron chi connectivity index (χ0n) is 10.8. The van der Waals surface area contributed by atoms with Gasteiger partial charge < -0.3 is 4.74 Å². The van der Waals surface area contributed by atoms with E-state index in [-0.39, 0.29) is 6.54 Å². The monoisotopic (exact) mass is 362 g/mol. The summed E-state index contributed by atoms with van der Waals surface area (Å²) in [6.45, 7) is 0.211. The van der Waals surface area contributed by atoms with Crippen molar-refractivity contribution in [2.45, 2.75) is 12.7 Å². The van der Waals surface area contributed by atoms with Gasteiger partial charge in [-0.25, -0.2) is 0 Å². The third kappa shape index (κ3) is 3.63. The molecule has 0 unspecified atom stereocenters. The first-order valence-electron chi connectivity index (χ1n) is 5.77. The van der Waals surface area contributed by atoms with Crippen LogP contribution in [0.4, 0.5) is 13.2 Å². The molecule has 8 heteroatoms. The molecule has 0 atom stereocenters. The summed E-state index contributed by atoms with van der Waals surface area (Å²) in [7, 11) is 1.51. The Morgan fingerprint density at radius 3 is 2.76 bits per heavy atom. The van der Waals surface area contributed by atoms with Crippen molar-refractivity contribution in [3.05, 3.63) is 46.2 Å². The minimum absolute atomic E-state index is 0.211. The summed E-state index contributed by atoms with van der Waals surface area (Å²) >= 11 is 3.34. The highest BCUT2D eigenvalue weighted by atomic mass is 79.9. The Morgan fingerprint density at radius 2 is 2.14 bits per heavy atom. The number of halogens is 4. The summed E-state index contributed by atoms with van der Waals surface area (Å²) < 4.78 is 44.1. The van der Waals surface area contributed by atoms with Crippen molar-refractivity contribution < 1.29 is 22.7 Å². The van der Waals surface area contributed by atoms with Crippen molar-refractivity contribution in [1.82, 2.24) is 9.78 Å². The number of ketones is 1. The molecule has 1 aromatic heterocycles. The average molecular weight is 363 g/mol. The maximum atomic E-state index is 12.3. The molecule has 0 aliphatic heterocycles. The summed E-state index contributed by atoms with van der Waals surface area (Å²) in [6.07, 6.45) is -2.92. The van der Waals surface area contributed by atoms with Gasteiger partial charge in [0.15, 0.2) is 0 Å². The Kier molecular flexibility index (Phi) is 4.36. The molecule has 1 aromatic carbocycles. The lowest BCUT2D eigenvalue weighted by Crippen LogP contribution is -2.22. The molecule has 0 saturated heterocycles. The molecule has 0 fully saturated rings. The average Bonchev–Trinajstić information content (AvgIpc) is 2.87. The maximum Gasteiger partial charge on any atom is 0.454 e. The van der Waals surface area contributed by atoms with Crippen LogP contribution in [-0.2, 0) is 6.54 Å². The molecule has 4 nitrogen and oxygen atoms in total. The van der Waals surface area contributed by atoms with Crippen LogP contribution in [0, 0.1) is 0 Å². The van der Waals surface area contributed by atoms with Crippen LogP contribution in [0.1, 0.15) is 15.9 Å². The first-order valence-corrected chi connectivity index (χ1v) is 6.57. The van der Waals surface area contributed by atoms with Gasteiger partial charge in [-0.1, -0.05) is 15.9 Å². The maximum absolute atomic E-state index is 12.3. The Morgan fingerprint density at radius 1 is 1.43 bits per heavy atom. The first kappa shape index (κ1) is 15.6. The van der Waals surface area contributed by atoms with E-state index in [1.54, 1.807) is 18.2 Å². The molecule has 112 valence electrons. The summed E-state index contributed by atoms with van der Waals surface area (Å²) in [5.41, 5.74) is 0.282. The number of hydrogen-bond acceptors (Lipinski definition) is 3. The number of carbonyl (C=O) groups excluding carboxylic acids is 1. The van der Waals surface area contributed by atoms with E-state index in [1.165, 1.54) is 11.8 Å². The minimum atomic E-state index is -4.90. The van der Waals surface area contributed by atoms with E-state index in [1.807, 2.05) is 0 Å². The molecule has 0 radical (unpaired) electrons. The van der Waals surface area contributed by atoms with E-state index in [9.17, 15) is 18.0 Å². The second-order valence-corrected chi connectivity index (χ2v) is 5.07. The van der Waals surface area contributed by atoms with E-state index in [0.717, 1.165) is 22.4 Å². The molecule has 0 saturated carbocycles. The van der Waals surface area contributed by atoms with Crippen LogP contribution >= 0.6 is 15.9 Å². The topological polar surface area (TPSA) is 44.1 Å². The molecule has 2 aromatic rings. The Bertz CT molecular complexity index is 668. The Hall–Kier alpha value is -1.83. The molecule has 21 heavy (non-hydrogen) atoms. The SMILES string of the molecule is COc1ccc(Br)c(Cn2cc(C(=O)C(F)(F)F)cn2)c1. The van der Waals surface area contributed by atoms with Crippen molar-refractivity contribution in [2.24, 2.45) is 0 Å². The van der Waals surface area contributed by atoms with Gasteiger partial charge in [0.1, 0.15) is 5.75 Å². The third-order valence-electron chi connectivity index (χ3n) is 2.74. The highest BCUT2D eigenvalue weighted by Crippen LogP contribution is 2.24. The number of alkyl halides is 3. The van der Waals surface area contributed by atoms with Crippen molar-refractivity contribution in [2.75, 3.05) is 7.11 Å². The largest absolute Gasteiger partial charge is 0.497 e. The van der Waals surface area contributed by atoms with Gasteiger partial charge in [-0.3, -0.25) is 9.48 Å². The van der Waals surface area contributed by atoms with Crippen molar-refractivity contribution >= 4 is 21.7 Å². The number of Topliss-reactive ketones (excluding diaryl/α,β-unsaturated/α-hetero) is 1. The van der Waals surface area contributed by atoms with Gasteiger partial charge >= 0.3 is 6.18 Å². The highest BCUT2D eigenvalue weighted by Gasteiger charge is 2.39. The normalized spacial score (nSPS) is 11.5. The molecule has 0 aliphatic rings. The van der Waals surface area contributed by atoms with Crippen LogP contribution in [-0.4, -0.2) is 28.8 Å². The quantitative estimate of drug-likeness (QED) is 0.782. The predicted octanol–water partition coefficient (Wildman–Crippen LogP) is 3.45. The number of aromatic nitrogens is 2. The Balaban J connectivity index is 2.22. The number of rotatable bonds is 4. The van der Waals surface area contributed by atoms with E-state index in [2.05, 4.69) is 21.0 Å². The fourth-order valence-corrected chi connectivity index (χ4v) is 2.08. The van der Waals surface area contributed by atoms with Crippen LogP contribution in [0.15, 0.2) is 35.1 Å². The van der Waals surface area contributed by atoms with Gasteiger partial charge in [0.25, 0.3) is 5.78 Å². The van der Waals surface area contributed by atoms with E-state index < -0.39 is 17.5 Å². The van der Waals surface area contributed by atoms with Gasteiger partial charge in [-0.15, -0.1) is 0 Å². The van der Waals surface area contributed by atoms with Crippen LogP contribution in [0.5, 0.6) is 5.75 Å². The lowest BCUT2D eigenvalue weighted by Gasteiger charge is -2.07. The molecule has 2 rings (SSSR count). The smallest absolute Gasteiger partial charge is 0.454 e. The van der Waals surface area contributed by atoms with Crippen molar-refractivity contribution in [1.29, 1.82) is 0 Å². The van der Waals surface area contributed by atoms with Crippen LogP contribution in [0.2, 0.25) is 0 Å². The number of methoxy groups -OCH3 is 1. The molecular weight excluding hydrogens is 353 g/mol. The Labute approximate surface area is 126 Å². The van der Waals surface area contributed by atoms with Gasteiger partial charge in [0, 0.05) is 10.7 Å². The standard InChI is InChI=1S/C13H10BrF3N2O2/c1-21-10-2-3-11(14)8(4-10)6-19-7-9(5-18-19)12(20)13(15,16)17/h2-5,7H,6H2,1H3. The summed E-state index contributed by atoms with van der Waals surface area (Å²) in [6, 6.07) is 5.24. The second kappa shape index (κ2) is 5.88. The third-order valence-corrected chi connectivity index (χ3v) is 3.51. The highest BCUT2D eigenvalue weighted by molar-refractivity contribution is 9.10. The number of ether oxygens (including phenoxy) is 1. The zero-order valence-corrected chi connectivity index (χ0v) is 12.4. The van der Waals surface area contributed by atoms with Gasteiger partial charge in [-0.2, -0.15) is 18.3 Å². The first-order chi connectivity index (χ1) is 9.81. The number of benzene rings is 1. The van der Waals surface area contributed by atoms with Crippen LogP contribution in [0.25, 0.3) is 0 Å². The molecule has 0 bridgehead atoms. The van der Waals surface area contributed by atoms with Gasteiger partial charge in [-0.05, 0) is 23.8 Å². The number of hydrogen-bond donors (Lipinski definition) is 0. The lowest BCUT2D eigenvalue weighted by molar-refractivity contribution is -0.0885.